The number of hydrogen-bond acceptors (Lipinski definition) is 1. The predicted octanol–water partition coefficient (Wildman–Crippen LogP) is 2.14. The smallest absolute Gasteiger partial charge is 0.0195 e. The Morgan fingerprint density at radius 3 is 1.75 bits per heavy atom. The van der Waals surface area contributed by atoms with E-state index in [1.165, 1.54) is 32.7 Å². The fourth-order valence-electron chi connectivity index (χ4n) is 1.68. The number of benzene rings is 1. The van der Waals surface area contributed by atoms with Crippen LogP contribution < -0.4 is 5.73 Å². The zero-order valence-corrected chi connectivity index (χ0v) is 7.72. The van der Waals surface area contributed by atoms with Crippen LogP contribution >= 0.6 is 0 Å². The molecule has 0 bridgehead atoms. The Balaban J connectivity index is 0.000000336. The van der Waals surface area contributed by atoms with Gasteiger partial charge < -0.3 is 5.73 Å². The summed E-state index contributed by atoms with van der Waals surface area (Å²) in [5.41, 5.74) is 7.66. The standard InChI is InChI=1S/C10H12.CH5N/c1-2-6-10-8-4-3-7-9(10)5-1;1-2/h1-2,5-6H,3-4,7-8H2;2H2,1H3. The molecule has 0 saturated heterocycles. The van der Waals surface area contributed by atoms with Gasteiger partial charge in [0.2, 0.25) is 0 Å². The molecule has 1 aliphatic carbocycles. The Bertz CT molecular complexity index is 205. The van der Waals surface area contributed by atoms with E-state index in [-0.39, 0.29) is 0 Å². The molecule has 1 nitrogen and oxygen atoms in total. The SMILES string of the molecule is CN.c1ccc2c(c1)CCCC2. The highest BCUT2D eigenvalue weighted by Gasteiger charge is 2.05. The second-order valence-electron chi connectivity index (χ2n) is 2.98. The van der Waals surface area contributed by atoms with Gasteiger partial charge in [-0.25, -0.2) is 0 Å². The summed E-state index contributed by atoms with van der Waals surface area (Å²) in [5.74, 6) is 0. The van der Waals surface area contributed by atoms with Crippen LogP contribution in [0.4, 0.5) is 0 Å². The predicted molar refractivity (Wildman–Crippen MR) is 53.2 cm³/mol. The average molecular weight is 163 g/mol. The van der Waals surface area contributed by atoms with Crippen molar-refractivity contribution in [1.82, 2.24) is 0 Å². The highest BCUT2D eigenvalue weighted by atomic mass is 14.4. The van der Waals surface area contributed by atoms with Gasteiger partial charge >= 0.3 is 0 Å². The summed E-state index contributed by atoms with van der Waals surface area (Å²) in [7, 11) is 1.50. The van der Waals surface area contributed by atoms with E-state index in [9.17, 15) is 0 Å². The van der Waals surface area contributed by atoms with E-state index in [1.54, 1.807) is 11.1 Å². The molecule has 1 heteroatoms. The van der Waals surface area contributed by atoms with Crippen molar-refractivity contribution in [3.63, 3.8) is 0 Å². The van der Waals surface area contributed by atoms with Crippen molar-refractivity contribution >= 4 is 0 Å². The minimum absolute atomic E-state index is 1.30. The molecule has 66 valence electrons. The normalized spacial score (nSPS) is 14.2. The van der Waals surface area contributed by atoms with Gasteiger partial charge in [-0.3, -0.25) is 0 Å². The van der Waals surface area contributed by atoms with Crippen molar-refractivity contribution in [2.45, 2.75) is 25.7 Å². The van der Waals surface area contributed by atoms with Crippen LogP contribution in [-0.2, 0) is 12.8 Å². The molecule has 0 amide bonds. The Kier molecular flexibility index (Phi) is 3.81. The topological polar surface area (TPSA) is 26.0 Å². The molecule has 0 aromatic heterocycles. The molecular weight excluding hydrogens is 146 g/mol. The number of nitrogens with two attached hydrogens (primary N) is 1. The van der Waals surface area contributed by atoms with Gasteiger partial charge in [0.25, 0.3) is 0 Å². The number of aryl methyl sites for hydroxylation is 2. The van der Waals surface area contributed by atoms with E-state index in [4.69, 9.17) is 0 Å². The molecule has 0 radical (unpaired) electrons. The first kappa shape index (κ1) is 9.27. The first-order valence-electron chi connectivity index (χ1n) is 4.61. The molecule has 0 atom stereocenters. The fourth-order valence-corrected chi connectivity index (χ4v) is 1.68. The molecule has 2 rings (SSSR count). The first-order valence-corrected chi connectivity index (χ1v) is 4.61. The van der Waals surface area contributed by atoms with Crippen molar-refractivity contribution < 1.29 is 0 Å². The van der Waals surface area contributed by atoms with Crippen LogP contribution in [0.1, 0.15) is 24.0 Å². The number of hydrogen-bond donors (Lipinski definition) is 1. The van der Waals surface area contributed by atoms with Crippen LogP contribution in [-0.4, -0.2) is 7.05 Å². The highest BCUT2D eigenvalue weighted by Crippen LogP contribution is 2.19. The quantitative estimate of drug-likeness (QED) is 0.623. The zero-order chi connectivity index (χ0) is 8.81. The van der Waals surface area contributed by atoms with Gasteiger partial charge in [-0.15, -0.1) is 0 Å². The van der Waals surface area contributed by atoms with E-state index in [0.29, 0.717) is 0 Å². The molecule has 0 saturated carbocycles. The molecule has 0 fully saturated rings. The van der Waals surface area contributed by atoms with Crippen LogP contribution in [0.15, 0.2) is 24.3 Å². The van der Waals surface area contributed by atoms with Gasteiger partial charge in [0, 0.05) is 0 Å². The first-order chi connectivity index (χ1) is 5.97. The molecule has 1 aromatic rings. The van der Waals surface area contributed by atoms with Crippen LogP contribution in [0.5, 0.6) is 0 Å². The fraction of sp³-hybridized carbons (Fsp3) is 0.455. The third-order valence-corrected chi connectivity index (χ3v) is 2.26. The zero-order valence-electron chi connectivity index (χ0n) is 7.72. The highest BCUT2D eigenvalue weighted by molar-refractivity contribution is 5.28. The van der Waals surface area contributed by atoms with Crippen LogP contribution in [0.3, 0.4) is 0 Å². The molecule has 1 aliphatic rings. The van der Waals surface area contributed by atoms with Gasteiger partial charge in [0.1, 0.15) is 0 Å². The van der Waals surface area contributed by atoms with Crippen molar-refractivity contribution in [2.24, 2.45) is 5.73 Å². The Hall–Kier alpha value is -0.820. The lowest BCUT2D eigenvalue weighted by Gasteiger charge is -2.13. The summed E-state index contributed by atoms with van der Waals surface area (Å²) in [6, 6.07) is 8.80. The summed E-state index contributed by atoms with van der Waals surface area (Å²) in [6.07, 6.45) is 5.38. The maximum atomic E-state index is 4.50. The molecule has 12 heavy (non-hydrogen) atoms. The summed E-state index contributed by atoms with van der Waals surface area (Å²) < 4.78 is 0. The molecular formula is C11H17N. The van der Waals surface area contributed by atoms with Crippen molar-refractivity contribution in [2.75, 3.05) is 7.05 Å². The largest absolute Gasteiger partial charge is 0.333 e. The second kappa shape index (κ2) is 4.94. The summed E-state index contributed by atoms with van der Waals surface area (Å²) in [5, 5.41) is 0. The summed E-state index contributed by atoms with van der Waals surface area (Å²) >= 11 is 0. The van der Waals surface area contributed by atoms with Crippen molar-refractivity contribution in [1.29, 1.82) is 0 Å². The third-order valence-electron chi connectivity index (χ3n) is 2.26. The van der Waals surface area contributed by atoms with Crippen LogP contribution in [0, 0.1) is 0 Å². The van der Waals surface area contributed by atoms with Gasteiger partial charge in [-0.2, -0.15) is 0 Å². The minimum Gasteiger partial charge on any atom is -0.333 e. The maximum Gasteiger partial charge on any atom is -0.0195 e. The van der Waals surface area contributed by atoms with E-state index < -0.39 is 0 Å². The van der Waals surface area contributed by atoms with Crippen molar-refractivity contribution in [3.05, 3.63) is 35.4 Å². The Labute approximate surface area is 74.6 Å². The van der Waals surface area contributed by atoms with E-state index in [1.807, 2.05) is 0 Å². The lowest BCUT2D eigenvalue weighted by atomic mass is 9.92. The maximum absolute atomic E-state index is 4.50. The van der Waals surface area contributed by atoms with E-state index in [0.717, 1.165) is 0 Å². The summed E-state index contributed by atoms with van der Waals surface area (Å²) in [4.78, 5) is 0. The van der Waals surface area contributed by atoms with Gasteiger partial charge in [-0.05, 0) is 43.9 Å². The summed E-state index contributed by atoms with van der Waals surface area (Å²) in [6.45, 7) is 0. The van der Waals surface area contributed by atoms with E-state index >= 15 is 0 Å². The van der Waals surface area contributed by atoms with Gasteiger partial charge in [-0.1, -0.05) is 24.3 Å². The molecule has 0 unspecified atom stereocenters. The number of fused-ring (bicyclic) bond motifs is 1. The Morgan fingerprint density at radius 2 is 1.33 bits per heavy atom. The van der Waals surface area contributed by atoms with Crippen LogP contribution in [0.2, 0.25) is 0 Å². The van der Waals surface area contributed by atoms with Crippen molar-refractivity contribution in [3.8, 4) is 0 Å². The molecule has 0 aliphatic heterocycles. The molecule has 2 N–H and O–H groups in total. The number of rotatable bonds is 0. The second-order valence-corrected chi connectivity index (χ2v) is 2.98. The molecule has 1 aromatic carbocycles. The Morgan fingerprint density at radius 1 is 0.917 bits per heavy atom. The molecule has 0 spiro atoms. The third kappa shape index (κ3) is 2.08. The van der Waals surface area contributed by atoms with Crippen LogP contribution in [0.25, 0.3) is 0 Å². The molecule has 0 heterocycles. The van der Waals surface area contributed by atoms with E-state index in [2.05, 4.69) is 30.0 Å². The lowest BCUT2D eigenvalue weighted by molar-refractivity contribution is 0.685. The van der Waals surface area contributed by atoms with Gasteiger partial charge in [0.15, 0.2) is 0 Å². The minimum atomic E-state index is 1.30. The van der Waals surface area contributed by atoms with Gasteiger partial charge in [0.05, 0.1) is 0 Å². The monoisotopic (exact) mass is 163 g/mol. The lowest BCUT2D eigenvalue weighted by Crippen LogP contribution is -2.00. The average Bonchev–Trinajstić information content (AvgIpc) is 2.21.